The fourth-order valence-electron chi connectivity index (χ4n) is 2.81. The van der Waals surface area contributed by atoms with Gasteiger partial charge in [-0.15, -0.1) is 0 Å². The largest absolute Gasteiger partial charge is 0.391 e. The molecule has 0 aliphatic carbocycles. The van der Waals surface area contributed by atoms with Crippen molar-refractivity contribution in [1.82, 2.24) is 10.2 Å². The van der Waals surface area contributed by atoms with Crippen LogP contribution in [-0.2, 0) is 22.6 Å². The van der Waals surface area contributed by atoms with Gasteiger partial charge in [0, 0.05) is 26.1 Å². The zero-order chi connectivity index (χ0) is 19.6. The highest BCUT2D eigenvalue weighted by Crippen LogP contribution is 2.21. The molecule has 1 aliphatic rings. The predicted molar refractivity (Wildman–Crippen MR) is 105 cm³/mol. The Morgan fingerprint density at radius 2 is 1.88 bits per heavy atom. The summed E-state index contributed by atoms with van der Waals surface area (Å²) < 4.78 is 0. The fourth-order valence-corrected chi connectivity index (χ4v) is 2.81. The maximum atomic E-state index is 11.6. The average molecular weight is 363 g/mol. The summed E-state index contributed by atoms with van der Waals surface area (Å²) in [7, 11) is 0. The van der Waals surface area contributed by atoms with Crippen molar-refractivity contribution in [3.63, 3.8) is 0 Å². The van der Waals surface area contributed by atoms with E-state index in [1.165, 1.54) is 12.0 Å². The van der Waals surface area contributed by atoms with E-state index in [1.54, 1.807) is 4.90 Å². The molecule has 2 N–H and O–H groups in total. The number of aliphatic hydroxyl groups is 1. The number of hydrogen-bond donors (Lipinski definition) is 2. The molecule has 2 rings (SSSR count). The van der Waals surface area contributed by atoms with E-state index in [0.29, 0.717) is 19.5 Å². The second-order valence-corrected chi connectivity index (χ2v) is 8.08. The SMILES string of the molecule is CC(C)(C)CC(=O)N1CCC(O)C1.CCCc1ccc(CNC=O)cc1. The molecular formula is C21H34N2O3. The maximum Gasteiger partial charge on any atom is 0.223 e. The zero-order valence-electron chi connectivity index (χ0n) is 16.6. The van der Waals surface area contributed by atoms with E-state index in [4.69, 9.17) is 0 Å². The summed E-state index contributed by atoms with van der Waals surface area (Å²) in [6.07, 6.45) is 4.02. The Labute approximate surface area is 157 Å². The van der Waals surface area contributed by atoms with Gasteiger partial charge in [-0.25, -0.2) is 0 Å². The number of nitrogens with one attached hydrogen (secondary N) is 1. The van der Waals surface area contributed by atoms with Crippen LogP contribution in [0.15, 0.2) is 24.3 Å². The molecule has 1 unspecified atom stereocenters. The smallest absolute Gasteiger partial charge is 0.223 e. The van der Waals surface area contributed by atoms with Crippen LogP contribution in [0, 0.1) is 5.41 Å². The first-order valence-electron chi connectivity index (χ1n) is 9.46. The number of hydrogen-bond acceptors (Lipinski definition) is 3. The van der Waals surface area contributed by atoms with Crippen LogP contribution in [-0.4, -0.2) is 41.5 Å². The van der Waals surface area contributed by atoms with Crippen molar-refractivity contribution in [2.24, 2.45) is 5.41 Å². The molecule has 0 spiro atoms. The molecule has 1 saturated heterocycles. The number of aryl methyl sites for hydroxylation is 1. The summed E-state index contributed by atoms with van der Waals surface area (Å²) in [5.74, 6) is 0.170. The minimum atomic E-state index is -0.302. The molecule has 1 atom stereocenters. The zero-order valence-corrected chi connectivity index (χ0v) is 16.6. The summed E-state index contributed by atoms with van der Waals surface area (Å²) in [4.78, 5) is 23.4. The van der Waals surface area contributed by atoms with Gasteiger partial charge < -0.3 is 15.3 Å². The van der Waals surface area contributed by atoms with Crippen molar-refractivity contribution in [1.29, 1.82) is 0 Å². The van der Waals surface area contributed by atoms with Crippen molar-refractivity contribution in [2.45, 2.75) is 66.0 Å². The van der Waals surface area contributed by atoms with Gasteiger partial charge >= 0.3 is 0 Å². The molecule has 1 heterocycles. The second kappa shape index (κ2) is 11.0. The summed E-state index contributed by atoms with van der Waals surface area (Å²) in [5, 5.41) is 11.9. The predicted octanol–water partition coefficient (Wildman–Crippen LogP) is 2.90. The molecule has 1 fully saturated rings. The molecule has 5 nitrogen and oxygen atoms in total. The van der Waals surface area contributed by atoms with Crippen LogP contribution in [0.3, 0.4) is 0 Å². The minimum absolute atomic E-state index is 0.0463. The minimum Gasteiger partial charge on any atom is -0.391 e. The Kier molecular flexibility index (Phi) is 9.35. The van der Waals surface area contributed by atoms with Gasteiger partial charge in [-0.1, -0.05) is 58.4 Å². The molecular weight excluding hydrogens is 328 g/mol. The van der Waals surface area contributed by atoms with Crippen LogP contribution in [0.4, 0.5) is 0 Å². The molecule has 0 saturated carbocycles. The third-order valence-corrected chi connectivity index (χ3v) is 4.15. The van der Waals surface area contributed by atoms with Crippen LogP contribution in [0.1, 0.15) is 58.1 Å². The van der Waals surface area contributed by atoms with Crippen molar-refractivity contribution in [3.8, 4) is 0 Å². The number of aliphatic hydroxyl groups excluding tert-OH is 1. The molecule has 146 valence electrons. The van der Waals surface area contributed by atoms with E-state index in [9.17, 15) is 14.7 Å². The number of likely N-dealkylation sites (tertiary alicyclic amines) is 1. The Morgan fingerprint density at radius 3 is 2.35 bits per heavy atom. The van der Waals surface area contributed by atoms with Crippen LogP contribution >= 0.6 is 0 Å². The van der Waals surface area contributed by atoms with Crippen LogP contribution in [0.25, 0.3) is 0 Å². The van der Waals surface area contributed by atoms with Crippen LogP contribution < -0.4 is 5.32 Å². The lowest BCUT2D eigenvalue weighted by atomic mass is 9.92. The summed E-state index contributed by atoms with van der Waals surface area (Å²) in [5.41, 5.74) is 2.55. The number of benzene rings is 1. The Balaban J connectivity index is 0.000000260. The standard InChI is InChI=1S/C11H15NO.C10H19NO2/c1-2-3-10-4-6-11(7-5-10)8-12-9-13;1-10(2,3)6-9(13)11-5-4-8(12)7-11/h4-7,9H,2-3,8H2,1H3,(H,12,13);8,12H,4-7H2,1-3H3. The topological polar surface area (TPSA) is 69.6 Å². The van der Waals surface area contributed by atoms with Gasteiger partial charge in [0.2, 0.25) is 12.3 Å². The highest BCUT2D eigenvalue weighted by atomic mass is 16.3. The van der Waals surface area contributed by atoms with Gasteiger partial charge in [0.25, 0.3) is 0 Å². The number of carbonyl (C=O) groups is 2. The quantitative estimate of drug-likeness (QED) is 0.765. The van der Waals surface area contributed by atoms with E-state index < -0.39 is 0 Å². The number of β-amino-alcohol motifs (C(OH)–C–C–N with tert-alkyl or cyclic N) is 1. The van der Waals surface area contributed by atoms with Crippen LogP contribution in [0.2, 0.25) is 0 Å². The molecule has 0 bridgehead atoms. The van der Waals surface area contributed by atoms with Crippen molar-refractivity contribution in [2.75, 3.05) is 13.1 Å². The van der Waals surface area contributed by atoms with Gasteiger partial charge in [0.05, 0.1) is 6.10 Å². The highest BCUT2D eigenvalue weighted by Gasteiger charge is 2.27. The monoisotopic (exact) mass is 362 g/mol. The number of rotatable bonds is 6. The summed E-state index contributed by atoms with van der Waals surface area (Å²) in [6.45, 7) is 10.2. The van der Waals surface area contributed by atoms with Crippen molar-refractivity contribution >= 4 is 12.3 Å². The molecule has 26 heavy (non-hydrogen) atoms. The first kappa shape index (κ1) is 22.2. The molecule has 1 aromatic rings. The summed E-state index contributed by atoms with van der Waals surface area (Å²) >= 11 is 0. The van der Waals surface area contributed by atoms with Crippen molar-refractivity contribution < 1.29 is 14.7 Å². The normalized spacial score (nSPS) is 16.7. The van der Waals surface area contributed by atoms with E-state index in [0.717, 1.165) is 31.4 Å². The van der Waals surface area contributed by atoms with E-state index >= 15 is 0 Å². The van der Waals surface area contributed by atoms with Gasteiger partial charge in [0.15, 0.2) is 0 Å². The number of amides is 2. The molecule has 0 aromatic heterocycles. The lowest BCUT2D eigenvalue weighted by molar-refractivity contribution is -0.132. The molecule has 0 radical (unpaired) electrons. The summed E-state index contributed by atoms with van der Waals surface area (Å²) in [6, 6.07) is 8.35. The molecule has 5 heteroatoms. The Hall–Kier alpha value is -1.88. The van der Waals surface area contributed by atoms with Gasteiger partial charge in [0.1, 0.15) is 0 Å². The maximum absolute atomic E-state index is 11.6. The van der Waals surface area contributed by atoms with E-state index in [2.05, 4.69) is 57.3 Å². The average Bonchev–Trinajstić information content (AvgIpc) is 3.00. The van der Waals surface area contributed by atoms with Gasteiger partial charge in [-0.2, -0.15) is 0 Å². The Morgan fingerprint density at radius 1 is 1.27 bits per heavy atom. The molecule has 1 aromatic carbocycles. The number of nitrogens with zero attached hydrogens (tertiary/aromatic N) is 1. The third kappa shape index (κ3) is 8.99. The highest BCUT2D eigenvalue weighted by molar-refractivity contribution is 5.77. The van der Waals surface area contributed by atoms with Gasteiger partial charge in [-0.05, 0) is 29.4 Å². The van der Waals surface area contributed by atoms with Crippen molar-refractivity contribution in [3.05, 3.63) is 35.4 Å². The van der Waals surface area contributed by atoms with Crippen LogP contribution in [0.5, 0.6) is 0 Å². The molecule has 1 aliphatic heterocycles. The van der Waals surface area contributed by atoms with E-state index in [1.807, 2.05) is 0 Å². The van der Waals surface area contributed by atoms with E-state index in [-0.39, 0.29) is 17.4 Å². The second-order valence-electron chi connectivity index (χ2n) is 8.08. The first-order chi connectivity index (χ1) is 12.2. The lowest BCUT2D eigenvalue weighted by Crippen LogP contribution is -2.32. The Bertz CT molecular complexity index is 549. The first-order valence-corrected chi connectivity index (χ1v) is 9.46. The number of carbonyl (C=O) groups excluding carboxylic acids is 2. The third-order valence-electron chi connectivity index (χ3n) is 4.15. The lowest BCUT2D eigenvalue weighted by Gasteiger charge is -2.22. The van der Waals surface area contributed by atoms with Gasteiger partial charge in [-0.3, -0.25) is 9.59 Å². The fraction of sp³-hybridized carbons (Fsp3) is 0.619. The molecule has 2 amide bonds.